The molecule has 37 heavy (non-hydrogen) atoms. The Morgan fingerprint density at radius 2 is 1.84 bits per heavy atom. The van der Waals surface area contributed by atoms with Gasteiger partial charge in [-0.25, -0.2) is 18.4 Å². The normalized spacial score (nSPS) is 11.8. The lowest BCUT2D eigenvalue weighted by atomic mass is 9.99. The highest BCUT2D eigenvalue weighted by Gasteiger charge is 2.24. The van der Waals surface area contributed by atoms with Crippen molar-refractivity contribution in [3.8, 4) is 11.1 Å². The van der Waals surface area contributed by atoms with Crippen LogP contribution in [0.2, 0.25) is 0 Å². The molecule has 0 aliphatic rings. The molecule has 0 saturated heterocycles. The van der Waals surface area contributed by atoms with E-state index in [-0.39, 0.29) is 10.7 Å². The largest absolute Gasteiger partial charge is 0.356 e. The zero-order valence-corrected chi connectivity index (χ0v) is 21.4. The van der Waals surface area contributed by atoms with Crippen LogP contribution in [0.5, 0.6) is 0 Å². The van der Waals surface area contributed by atoms with Gasteiger partial charge in [-0.15, -0.1) is 0 Å². The van der Waals surface area contributed by atoms with Gasteiger partial charge in [0, 0.05) is 23.2 Å². The molecule has 0 radical (unpaired) electrons. The van der Waals surface area contributed by atoms with Crippen LogP contribution in [0.4, 0.5) is 10.2 Å². The van der Waals surface area contributed by atoms with Crippen LogP contribution in [0.1, 0.15) is 41.8 Å². The molecule has 0 atom stereocenters. The molecule has 0 bridgehead atoms. The van der Waals surface area contributed by atoms with Crippen molar-refractivity contribution in [3.63, 3.8) is 0 Å². The van der Waals surface area contributed by atoms with E-state index in [0.717, 1.165) is 41.1 Å². The molecular formula is C26H25FN6O3S. The van der Waals surface area contributed by atoms with Crippen molar-refractivity contribution in [2.45, 2.75) is 44.9 Å². The number of anilines is 1. The molecule has 0 unspecified atom stereocenters. The number of aromatic nitrogens is 5. The second-order valence-corrected chi connectivity index (χ2v) is 10.4. The van der Waals surface area contributed by atoms with Gasteiger partial charge in [-0.2, -0.15) is 14.0 Å². The van der Waals surface area contributed by atoms with Gasteiger partial charge in [-0.3, -0.25) is 4.72 Å². The third-order valence-electron chi connectivity index (χ3n) is 6.10. The topological polar surface area (TPSA) is 115 Å². The second kappa shape index (κ2) is 9.74. The smallest absolute Gasteiger partial charge is 0.263 e. The number of sulfonamides is 1. The number of benzene rings is 2. The van der Waals surface area contributed by atoms with Crippen molar-refractivity contribution in [3.05, 3.63) is 89.1 Å². The Labute approximate surface area is 213 Å². The molecule has 2 aromatic carbocycles. The maximum absolute atomic E-state index is 14.1. The summed E-state index contributed by atoms with van der Waals surface area (Å²) >= 11 is 0. The molecule has 190 valence electrons. The number of hydrogen-bond donors (Lipinski definition) is 1. The maximum Gasteiger partial charge on any atom is 0.263 e. The lowest BCUT2D eigenvalue weighted by Gasteiger charge is -2.13. The number of fused-ring (bicyclic) bond motifs is 1. The molecule has 3 heterocycles. The maximum atomic E-state index is 14.1. The van der Waals surface area contributed by atoms with Crippen LogP contribution in [-0.4, -0.2) is 33.2 Å². The number of rotatable bonds is 8. The summed E-state index contributed by atoms with van der Waals surface area (Å²) in [4.78, 5) is 9.22. The minimum Gasteiger partial charge on any atom is -0.356 e. The van der Waals surface area contributed by atoms with Crippen LogP contribution < -0.4 is 4.72 Å². The van der Waals surface area contributed by atoms with E-state index in [2.05, 4.69) is 26.9 Å². The minimum absolute atomic E-state index is 0.000869. The molecular weight excluding hydrogens is 495 g/mol. The SMILES string of the molecule is CCCc1nc(C)n2ncnc2c1Cc1ccc(-c2ccccc2S(=O)(=O)Nc2noc(C)c2F)cc1. The zero-order valence-electron chi connectivity index (χ0n) is 20.6. The van der Waals surface area contributed by atoms with Gasteiger partial charge in [0.1, 0.15) is 12.2 Å². The molecule has 0 saturated carbocycles. The Bertz CT molecular complexity index is 1690. The van der Waals surface area contributed by atoms with E-state index < -0.39 is 21.7 Å². The lowest BCUT2D eigenvalue weighted by molar-refractivity contribution is 0.390. The first kappa shape index (κ1) is 24.6. The van der Waals surface area contributed by atoms with Gasteiger partial charge in [-0.05, 0) is 37.5 Å². The minimum atomic E-state index is -4.13. The van der Waals surface area contributed by atoms with Crippen LogP contribution in [0.3, 0.4) is 0 Å². The second-order valence-electron chi connectivity index (χ2n) is 8.71. The molecule has 0 amide bonds. The van der Waals surface area contributed by atoms with E-state index in [0.29, 0.717) is 17.5 Å². The fourth-order valence-corrected chi connectivity index (χ4v) is 5.52. The van der Waals surface area contributed by atoms with Crippen molar-refractivity contribution >= 4 is 21.5 Å². The van der Waals surface area contributed by atoms with Crippen LogP contribution in [-0.2, 0) is 22.9 Å². The predicted molar refractivity (Wildman–Crippen MR) is 136 cm³/mol. The van der Waals surface area contributed by atoms with Crippen LogP contribution >= 0.6 is 0 Å². The van der Waals surface area contributed by atoms with E-state index in [1.54, 1.807) is 22.7 Å². The Balaban J connectivity index is 1.47. The monoisotopic (exact) mass is 520 g/mol. The number of halogens is 1. The molecule has 3 aromatic heterocycles. The summed E-state index contributed by atoms with van der Waals surface area (Å²) in [6.07, 6.45) is 3.93. The van der Waals surface area contributed by atoms with Crippen LogP contribution in [0.25, 0.3) is 16.8 Å². The lowest BCUT2D eigenvalue weighted by Crippen LogP contribution is -2.15. The molecule has 0 spiro atoms. The van der Waals surface area contributed by atoms with Crippen molar-refractivity contribution in [2.75, 3.05) is 4.72 Å². The van der Waals surface area contributed by atoms with Gasteiger partial charge >= 0.3 is 0 Å². The summed E-state index contributed by atoms with van der Waals surface area (Å²) in [5.74, 6) is -0.629. The molecule has 9 nitrogen and oxygen atoms in total. The fourth-order valence-electron chi connectivity index (χ4n) is 4.30. The van der Waals surface area contributed by atoms with E-state index in [9.17, 15) is 12.8 Å². The summed E-state index contributed by atoms with van der Waals surface area (Å²) in [5.41, 5.74) is 5.01. The first-order chi connectivity index (χ1) is 17.8. The summed E-state index contributed by atoms with van der Waals surface area (Å²) in [6, 6.07) is 14.2. The summed E-state index contributed by atoms with van der Waals surface area (Å²) in [5, 5.41) is 7.76. The standard InChI is InChI=1S/C26H25FN6O3S/c1-4-7-22-21(26-28-15-29-33(26)17(3)30-22)14-18-10-12-19(13-11-18)20-8-5-6-9-23(20)37(34,35)32-25-24(27)16(2)36-31-25/h5-6,8-13,15H,4,7,14H2,1-3H3,(H,31,32). The summed E-state index contributed by atoms with van der Waals surface area (Å²) in [7, 11) is -4.13. The predicted octanol–water partition coefficient (Wildman–Crippen LogP) is 4.88. The van der Waals surface area contributed by atoms with Crippen LogP contribution in [0.15, 0.2) is 64.3 Å². The van der Waals surface area contributed by atoms with Gasteiger partial charge in [0.2, 0.25) is 11.6 Å². The van der Waals surface area contributed by atoms with Crippen molar-refractivity contribution in [2.24, 2.45) is 0 Å². The molecule has 1 N–H and O–H groups in total. The highest BCUT2D eigenvalue weighted by Crippen LogP contribution is 2.30. The summed E-state index contributed by atoms with van der Waals surface area (Å²) in [6.45, 7) is 5.39. The number of aryl methyl sites for hydroxylation is 3. The van der Waals surface area contributed by atoms with Crippen molar-refractivity contribution in [1.82, 2.24) is 24.7 Å². The molecule has 11 heteroatoms. The van der Waals surface area contributed by atoms with Gasteiger partial charge in [0.25, 0.3) is 10.0 Å². The van der Waals surface area contributed by atoms with Crippen LogP contribution in [0, 0.1) is 19.7 Å². The van der Waals surface area contributed by atoms with E-state index >= 15 is 0 Å². The van der Waals surface area contributed by atoms with E-state index in [1.807, 2.05) is 31.2 Å². The average Bonchev–Trinajstić information content (AvgIpc) is 3.50. The number of hydrogen-bond acceptors (Lipinski definition) is 7. The highest BCUT2D eigenvalue weighted by atomic mass is 32.2. The van der Waals surface area contributed by atoms with Crippen molar-refractivity contribution in [1.29, 1.82) is 0 Å². The Hall–Kier alpha value is -4.12. The summed E-state index contributed by atoms with van der Waals surface area (Å²) < 4.78 is 49.0. The third-order valence-corrected chi connectivity index (χ3v) is 7.50. The fraction of sp³-hybridized carbons (Fsp3) is 0.231. The molecule has 0 fully saturated rings. The Kier molecular flexibility index (Phi) is 6.46. The Morgan fingerprint density at radius 3 is 2.54 bits per heavy atom. The first-order valence-corrected chi connectivity index (χ1v) is 13.3. The number of nitrogens with zero attached hydrogens (tertiary/aromatic N) is 5. The van der Waals surface area contributed by atoms with Gasteiger partial charge < -0.3 is 4.52 Å². The van der Waals surface area contributed by atoms with Gasteiger partial charge in [-0.1, -0.05) is 61.0 Å². The molecule has 0 aliphatic carbocycles. The molecule has 0 aliphatic heterocycles. The third kappa shape index (κ3) is 4.69. The average molecular weight is 521 g/mol. The van der Waals surface area contributed by atoms with Crippen molar-refractivity contribution < 1.29 is 17.3 Å². The van der Waals surface area contributed by atoms with Gasteiger partial charge in [0.05, 0.1) is 4.90 Å². The highest BCUT2D eigenvalue weighted by molar-refractivity contribution is 7.92. The van der Waals surface area contributed by atoms with E-state index in [4.69, 9.17) is 9.51 Å². The van der Waals surface area contributed by atoms with E-state index in [1.165, 1.54) is 19.3 Å². The van der Waals surface area contributed by atoms with Gasteiger partial charge in [0.15, 0.2) is 11.4 Å². The molecule has 5 aromatic rings. The zero-order chi connectivity index (χ0) is 26.2. The quantitative estimate of drug-likeness (QED) is 0.310. The number of nitrogens with one attached hydrogen (secondary N) is 1. The first-order valence-electron chi connectivity index (χ1n) is 11.8. The Morgan fingerprint density at radius 1 is 1.08 bits per heavy atom. The molecule has 5 rings (SSSR count).